The van der Waals surface area contributed by atoms with Crippen LogP contribution in [0, 0.1) is 5.82 Å². The maximum Gasteiger partial charge on any atom is 0.371 e. The number of nitrogens with one attached hydrogen (secondary N) is 1. The zero-order valence-electron chi connectivity index (χ0n) is 22.8. The van der Waals surface area contributed by atoms with E-state index in [-0.39, 0.29) is 44.0 Å². The third-order valence-electron chi connectivity index (χ3n) is 6.02. The number of aliphatic carboxylic acids is 1. The minimum Gasteiger partial charge on any atom is -0.490 e. The first-order chi connectivity index (χ1) is 19.7. The number of hydrogen-bond donors (Lipinski definition) is 2. The van der Waals surface area contributed by atoms with Crippen molar-refractivity contribution in [3.8, 4) is 11.3 Å². The Balaban J connectivity index is 1.66. The van der Waals surface area contributed by atoms with Gasteiger partial charge in [-0.25, -0.2) is 14.2 Å². The van der Waals surface area contributed by atoms with Gasteiger partial charge in [-0.1, -0.05) is 42.3 Å². The summed E-state index contributed by atoms with van der Waals surface area (Å²) < 4.78 is 31.4. The van der Waals surface area contributed by atoms with Crippen LogP contribution in [0.15, 0.2) is 41.5 Å². The Hall–Kier alpha value is -3.02. The van der Waals surface area contributed by atoms with Crippen LogP contribution in [0.2, 0.25) is 10.0 Å². The molecule has 1 heterocycles. The third-order valence-corrected chi connectivity index (χ3v) is 7.41. The van der Waals surface area contributed by atoms with Gasteiger partial charge in [0.25, 0.3) is 5.91 Å². The van der Waals surface area contributed by atoms with Gasteiger partial charge in [0.05, 0.1) is 35.6 Å². The second-order valence-corrected chi connectivity index (χ2v) is 10.5. The monoisotopic (exact) mass is 624 g/mol. The van der Waals surface area contributed by atoms with E-state index in [1.165, 1.54) is 25.3 Å². The van der Waals surface area contributed by atoms with Crippen LogP contribution in [0.3, 0.4) is 0 Å². The molecule has 0 fully saturated rings. The van der Waals surface area contributed by atoms with Crippen molar-refractivity contribution in [1.82, 2.24) is 4.98 Å². The minimum absolute atomic E-state index is 0.0574. The van der Waals surface area contributed by atoms with Crippen LogP contribution < -0.4 is 5.32 Å². The van der Waals surface area contributed by atoms with Crippen LogP contribution in [0.25, 0.3) is 17.3 Å². The number of benzene rings is 2. The molecule has 3 rings (SSSR count). The Morgan fingerprint density at radius 2 is 1.95 bits per heavy atom. The lowest BCUT2D eigenvalue weighted by molar-refractivity contribution is -0.135. The molecule has 220 valence electrons. The highest BCUT2D eigenvalue weighted by molar-refractivity contribution is 7.14. The number of methoxy groups -OCH3 is 1. The number of carboxylic acids is 1. The number of thiazole rings is 1. The van der Waals surface area contributed by atoms with Crippen molar-refractivity contribution >= 4 is 57.6 Å². The Labute approximate surface area is 252 Å². The van der Waals surface area contributed by atoms with Crippen LogP contribution in [-0.4, -0.2) is 55.0 Å². The third kappa shape index (κ3) is 8.98. The second-order valence-electron chi connectivity index (χ2n) is 8.81. The number of nitrogens with zero attached hydrogens (tertiary/aromatic N) is 1. The average Bonchev–Trinajstić information content (AvgIpc) is 3.40. The summed E-state index contributed by atoms with van der Waals surface area (Å²) in [4.78, 5) is 28.5. The molecule has 0 aliphatic carbocycles. The average molecular weight is 626 g/mol. The standard InChI is InChI=1S/C29H31Cl2FN2O6S/c1-4-19(40-5-2)15-39-11-7-9-17-8-6-10-20(26(17)32)24-16-41-29(33-24)34-27(35)18-12-22(30)21(23(31)13-18)14-25(38-3)28(36)37/h6,8,10,12-14,16,19H,4-5,7,9,11,15H2,1-3H3,(H,36,37)(H,33,34,35)/b25-14-. The first kappa shape index (κ1) is 32.5. The lowest BCUT2D eigenvalue weighted by atomic mass is 10.0. The van der Waals surface area contributed by atoms with E-state index in [0.29, 0.717) is 49.5 Å². The number of carbonyl (C=O) groups excluding carboxylic acids is 1. The molecule has 1 aromatic heterocycles. The minimum atomic E-state index is -1.30. The fourth-order valence-electron chi connectivity index (χ4n) is 3.89. The van der Waals surface area contributed by atoms with Gasteiger partial charge in [-0.3, -0.25) is 10.1 Å². The molecule has 0 spiro atoms. The predicted molar refractivity (Wildman–Crippen MR) is 159 cm³/mol. The largest absolute Gasteiger partial charge is 0.490 e. The molecule has 0 saturated heterocycles. The molecule has 8 nitrogen and oxygen atoms in total. The maximum absolute atomic E-state index is 15.3. The molecular formula is C29H31Cl2FN2O6S. The van der Waals surface area contributed by atoms with Gasteiger partial charge in [-0.2, -0.15) is 0 Å². The predicted octanol–water partition coefficient (Wildman–Crippen LogP) is 7.34. The van der Waals surface area contributed by atoms with Crippen LogP contribution in [-0.2, 0) is 25.4 Å². The van der Waals surface area contributed by atoms with Crippen molar-refractivity contribution in [3.05, 3.63) is 74.0 Å². The molecule has 0 aliphatic rings. The van der Waals surface area contributed by atoms with Gasteiger partial charge in [-0.05, 0) is 56.0 Å². The quantitative estimate of drug-likeness (QED) is 0.103. The zero-order valence-corrected chi connectivity index (χ0v) is 25.2. The summed E-state index contributed by atoms with van der Waals surface area (Å²) in [5.41, 5.74) is 1.60. The summed E-state index contributed by atoms with van der Waals surface area (Å²) >= 11 is 13.7. The Bertz CT molecular complexity index is 1370. The lowest BCUT2D eigenvalue weighted by Crippen LogP contribution is -2.19. The number of aromatic nitrogens is 1. The van der Waals surface area contributed by atoms with E-state index in [1.54, 1.807) is 23.6 Å². The number of rotatable bonds is 15. The molecule has 0 radical (unpaired) electrons. The number of amides is 1. The molecule has 0 saturated carbocycles. The number of anilines is 1. The van der Waals surface area contributed by atoms with Crippen LogP contribution in [0.4, 0.5) is 9.52 Å². The van der Waals surface area contributed by atoms with E-state index < -0.39 is 11.9 Å². The van der Waals surface area contributed by atoms with E-state index in [1.807, 2.05) is 13.8 Å². The lowest BCUT2D eigenvalue weighted by Gasteiger charge is -2.15. The first-order valence-corrected chi connectivity index (χ1v) is 14.5. The molecule has 2 aromatic carbocycles. The van der Waals surface area contributed by atoms with Gasteiger partial charge in [0.2, 0.25) is 5.76 Å². The van der Waals surface area contributed by atoms with Crippen molar-refractivity contribution in [2.75, 3.05) is 32.2 Å². The molecule has 41 heavy (non-hydrogen) atoms. The summed E-state index contributed by atoms with van der Waals surface area (Å²) in [6.07, 6.45) is 3.27. The molecule has 0 aliphatic heterocycles. The summed E-state index contributed by atoms with van der Waals surface area (Å²) in [6.45, 7) is 5.65. The maximum atomic E-state index is 15.3. The molecule has 1 atom stereocenters. The molecule has 1 unspecified atom stereocenters. The van der Waals surface area contributed by atoms with Gasteiger partial charge in [0.15, 0.2) is 5.13 Å². The van der Waals surface area contributed by atoms with Gasteiger partial charge in [0.1, 0.15) is 5.82 Å². The summed E-state index contributed by atoms with van der Waals surface area (Å²) in [7, 11) is 1.21. The van der Waals surface area contributed by atoms with Crippen molar-refractivity contribution in [2.45, 2.75) is 39.2 Å². The summed E-state index contributed by atoms with van der Waals surface area (Å²) in [6, 6.07) is 7.85. The van der Waals surface area contributed by atoms with E-state index in [0.717, 1.165) is 17.8 Å². The molecule has 3 aromatic rings. The number of halogens is 3. The fraction of sp³-hybridized carbons (Fsp3) is 0.345. The Kier molecular flexibility index (Phi) is 12.6. The van der Waals surface area contributed by atoms with E-state index in [9.17, 15) is 9.59 Å². The normalized spacial score (nSPS) is 12.3. The summed E-state index contributed by atoms with van der Waals surface area (Å²) in [5.74, 6) is -2.57. The van der Waals surface area contributed by atoms with Gasteiger partial charge < -0.3 is 19.3 Å². The topological polar surface area (TPSA) is 107 Å². The number of aryl methyl sites for hydroxylation is 1. The molecular weight excluding hydrogens is 594 g/mol. The summed E-state index contributed by atoms with van der Waals surface area (Å²) in [5, 5.41) is 13.9. The molecule has 1 amide bonds. The van der Waals surface area contributed by atoms with E-state index in [2.05, 4.69) is 10.3 Å². The number of carboxylic acid groups (broad SMARTS) is 1. The molecule has 12 heteroatoms. The highest BCUT2D eigenvalue weighted by atomic mass is 35.5. The van der Waals surface area contributed by atoms with Gasteiger partial charge in [-0.15, -0.1) is 11.3 Å². The van der Waals surface area contributed by atoms with E-state index in [4.69, 9.17) is 42.5 Å². The SMILES string of the molecule is CCOC(CC)COCCCc1cccc(-c2csc(NC(=O)c3cc(Cl)c(/C=C(\OC)C(=O)O)c(Cl)c3)n2)c1F. The van der Waals surface area contributed by atoms with Crippen molar-refractivity contribution in [2.24, 2.45) is 0 Å². The zero-order chi connectivity index (χ0) is 29.9. The Morgan fingerprint density at radius 1 is 1.22 bits per heavy atom. The highest BCUT2D eigenvalue weighted by Crippen LogP contribution is 2.31. The van der Waals surface area contributed by atoms with Crippen LogP contribution >= 0.6 is 34.5 Å². The van der Waals surface area contributed by atoms with Gasteiger partial charge in [0, 0.05) is 35.3 Å². The smallest absolute Gasteiger partial charge is 0.371 e. The van der Waals surface area contributed by atoms with Crippen LogP contribution in [0.1, 0.15) is 48.2 Å². The number of carbonyl (C=O) groups is 2. The van der Waals surface area contributed by atoms with Gasteiger partial charge >= 0.3 is 5.97 Å². The molecule has 2 N–H and O–H groups in total. The van der Waals surface area contributed by atoms with Crippen molar-refractivity contribution in [3.63, 3.8) is 0 Å². The Morgan fingerprint density at radius 3 is 2.59 bits per heavy atom. The first-order valence-electron chi connectivity index (χ1n) is 12.9. The second kappa shape index (κ2) is 15.8. The number of ether oxygens (including phenoxy) is 3. The van der Waals surface area contributed by atoms with Crippen molar-refractivity contribution in [1.29, 1.82) is 0 Å². The highest BCUT2D eigenvalue weighted by Gasteiger charge is 2.18. The van der Waals surface area contributed by atoms with E-state index >= 15 is 4.39 Å². The number of hydrogen-bond acceptors (Lipinski definition) is 7. The fourth-order valence-corrected chi connectivity index (χ4v) is 5.19. The molecule has 0 bridgehead atoms. The van der Waals surface area contributed by atoms with Crippen molar-refractivity contribution < 1.29 is 33.3 Å². The van der Waals surface area contributed by atoms with Crippen LogP contribution in [0.5, 0.6) is 0 Å².